The third-order valence-electron chi connectivity index (χ3n) is 3.16. The van der Waals surface area contributed by atoms with Crippen molar-refractivity contribution in [3.05, 3.63) is 35.9 Å². The summed E-state index contributed by atoms with van der Waals surface area (Å²) in [5.41, 5.74) is -0.408. The molecule has 0 bridgehead atoms. The molecule has 0 radical (unpaired) electrons. The Labute approximate surface area is 124 Å². The molecule has 0 heterocycles. The quantitative estimate of drug-likeness (QED) is 0.757. The molecule has 21 heavy (non-hydrogen) atoms. The van der Waals surface area contributed by atoms with E-state index in [0.717, 1.165) is 11.3 Å². The largest absolute Gasteiger partial charge is 0.497 e. The van der Waals surface area contributed by atoms with Crippen LogP contribution in [0, 0.1) is 0 Å². The molecule has 0 saturated carbocycles. The summed E-state index contributed by atoms with van der Waals surface area (Å²) < 4.78 is 5.05. The highest BCUT2D eigenvalue weighted by Crippen LogP contribution is 2.14. The van der Waals surface area contributed by atoms with E-state index in [4.69, 9.17) is 4.74 Å². The maximum absolute atomic E-state index is 11.8. The zero-order valence-corrected chi connectivity index (χ0v) is 12.6. The predicted octanol–water partition coefficient (Wildman–Crippen LogP) is 2.47. The number of carboxylic acid groups (broad SMARTS) is 1. The molecule has 1 aromatic rings. The number of aliphatic carboxylic acids is 1. The van der Waals surface area contributed by atoms with Crippen molar-refractivity contribution in [1.82, 2.24) is 5.32 Å². The van der Waals surface area contributed by atoms with Crippen molar-refractivity contribution in [2.24, 2.45) is 0 Å². The van der Waals surface area contributed by atoms with Gasteiger partial charge in [-0.25, -0.2) is 4.79 Å². The number of benzene rings is 1. The summed E-state index contributed by atoms with van der Waals surface area (Å²) in [4.78, 5) is 23.1. The molecular weight excluding hydrogens is 270 g/mol. The minimum atomic E-state index is -1.24. The van der Waals surface area contributed by atoms with E-state index in [1.54, 1.807) is 25.3 Å². The van der Waals surface area contributed by atoms with Gasteiger partial charge in [-0.15, -0.1) is 0 Å². The summed E-state index contributed by atoms with van der Waals surface area (Å²) in [6, 6.07) is 7.20. The minimum absolute atomic E-state index is 0.379. The standard InChI is InChI=1S/C16H21NO4/c1-4-11-16(2,15(19)20)17-14(18)10-7-12-5-8-13(21-3)9-6-12/h5-10H,4,11H2,1-3H3,(H,17,18)(H,19,20)/b10-7+. The van der Waals surface area contributed by atoms with Crippen molar-refractivity contribution in [3.8, 4) is 5.75 Å². The van der Waals surface area contributed by atoms with E-state index in [9.17, 15) is 14.7 Å². The van der Waals surface area contributed by atoms with Gasteiger partial charge < -0.3 is 15.2 Å². The second-order valence-electron chi connectivity index (χ2n) is 4.98. The first-order valence-electron chi connectivity index (χ1n) is 6.79. The molecular formula is C16H21NO4. The normalized spacial score (nSPS) is 13.7. The van der Waals surface area contributed by atoms with Gasteiger partial charge in [-0.05, 0) is 37.1 Å². The molecule has 0 aromatic heterocycles. The number of rotatable bonds is 7. The van der Waals surface area contributed by atoms with Gasteiger partial charge in [-0.1, -0.05) is 25.5 Å². The van der Waals surface area contributed by atoms with E-state index in [2.05, 4.69) is 5.32 Å². The van der Waals surface area contributed by atoms with Gasteiger partial charge in [0.1, 0.15) is 11.3 Å². The van der Waals surface area contributed by atoms with Gasteiger partial charge in [0.05, 0.1) is 7.11 Å². The topological polar surface area (TPSA) is 75.6 Å². The van der Waals surface area contributed by atoms with E-state index >= 15 is 0 Å². The van der Waals surface area contributed by atoms with Gasteiger partial charge in [0, 0.05) is 6.08 Å². The lowest BCUT2D eigenvalue weighted by Crippen LogP contribution is -2.51. The molecule has 0 saturated heterocycles. The number of ether oxygens (including phenoxy) is 1. The molecule has 1 atom stereocenters. The first kappa shape index (κ1) is 16.8. The molecule has 0 aliphatic carbocycles. The first-order valence-corrected chi connectivity index (χ1v) is 6.79. The number of carboxylic acids is 1. The second-order valence-corrected chi connectivity index (χ2v) is 4.98. The highest BCUT2D eigenvalue weighted by Gasteiger charge is 2.33. The summed E-state index contributed by atoms with van der Waals surface area (Å²) in [7, 11) is 1.58. The zero-order valence-electron chi connectivity index (χ0n) is 12.6. The van der Waals surface area contributed by atoms with Gasteiger partial charge >= 0.3 is 5.97 Å². The molecule has 5 nitrogen and oxygen atoms in total. The third kappa shape index (κ3) is 4.95. The molecule has 1 rings (SSSR count). The number of carbonyl (C=O) groups is 2. The Kier molecular flexibility index (Phi) is 5.96. The van der Waals surface area contributed by atoms with Crippen molar-refractivity contribution in [2.75, 3.05) is 7.11 Å². The maximum Gasteiger partial charge on any atom is 0.329 e. The van der Waals surface area contributed by atoms with Crippen LogP contribution in [0.1, 0.15) is 32.3 Å². The lowest BCUT2D eigenvalue weighted by Gasteiger charge is -2.24. The van der Waals surface area contributed by atoms with E-state index in [0.29, 0.717) is 12.8 Å². The summed E-state index contributed by atoms with van der Waals surface area (Å²) in [6.07, 6.45) is 4.01. The van der Waals surface area contributed by atoms with Crippen LogP contribution in [0.5, 0.6) is 5.75 Å². The smallest absolute Gasteiger partial charge is 0.329 e. The van der Waals surface area contributed by atoms with Crippen LogP contribution >= 0.6 is 0 Å². The second kappa shape index (κ2) is 7.47. The molecule has 1 amide bonds. The monoisotopic (exact) mass is 291 g/mol. The van der Waals surface area contributed by atoms with Crippen molar-refractivity contribution in [1.29, 1.82) is 0 Å². The minimum Gasteiger partial charge on any atom is -0.497 e. The van der Waals surface area contributed by atoms with Gasteiger partial charge in [0.15, 0.2) is 0 Å². The molecule has 0 aliphatic rings. The fourth-order valence-electron chi connectivity index (χ4n) is 1.92. The van der Waals surface area contributed by atoms with Crippen LogP contribution in [0.15, 0.2) is 30.3 Å². The van der Waals surface area contributed by atoms with E-state index in [1.165, 1.54) is 13.0 Å². The average molecular weight is 291 g/mol. The Balaban J connectivity index is 2.70. The number of carbonyl (C=O) groups excluding carboxylic acids is 1. The number of hydrogen-bond donors (Lipinski definition) is 2. The molecule has 5 heteroatoms. The summed E-state index contributed by atoms with van der Waals surface area (Å²) in [5.74, 6) is -0.724. The van der Waals surface area contributed by atoms with Crippen molar-refractivity contribution >= 4 is 18.0 Å². The number of methoxy groups -OCH3 is 1. The SMILES string of the molecule is CCCC(C)(NC(=O)/C=C/c1ccc(OC)cc1)C(=O)O. The predicted molar refractivity (Wildman–Crippen MR) is 81.1 cm³/mol. The highest BCUT2D eigenvalue weighted by molar-refractivity contribution is 5.95. The van der Waals surface area contributed by atoms with E-state index < -0.39 is 17.4 Å². The average Bonchev–Trinajstić information content (AvgIpc) is 2.45. The Morgan fingerprint density at radius 2 is 1.95 bits per heavy atom. The number of amides is 1. The fourth-order valence-corrected chi connectivity index (χ4v) is 1.92. The van der Waals surface area contributed by atoms with Crippen LogP contribution in [0.25, 0.3) is 6.08 Å². The van der Waals surface area contributed by atoms with Gasteiger partial charge in [-0.2, -0.15) is 0 Å². The van der Waals surface area contributed by atoms with Crippen LogP contribution < -0.4 is 10.1 Å². The van der Waals surface area contributed by atoms with Crippen LogP contribution in [0.3, 0.4) is 0 Å². The Morgan fingerprint density at radius 3 is 2.43 bits per heavy atom. The van der Waals surface area contributed by atoms with Crippen molar-refractivity contribution in [3.63, 3.8) is 0 Å². The lowest BCUT2D eigenvalue weighted by molar-refractivity contribution is -0.146. The molecule has 0 fully saturated rings. The highest BCUT2D eigenvalue weighted by atomic mass is 16.5. The summed E-state index contributed by atoms with van der Waals surface area (Å²) in [6.45, 7) is 3.39. The Morgan fingerprint density at radius 1 is 1.33 bits per heavy atom. The lowest BCUT2D eigenvalue weighted by atomic mass is 9.96. The van der Waals surface area contributed by atoms with Crippen LogP contribution in [-0.4, -0.2) is 29.6 Å². The number of nitrogens with one attached hydrogen (secondary N) is 1. The maximum atomic E-state index is 11.8. The van der Waals surface area contributed by atoms with E-state index in [1.807, 2.05) is 19.1 Å². The zero-order chi connectivity index (χ0) is 15.9. The molecule has 0 aliphatic heterocycles. The molecule has 114 valence electrons. The molecule has 2 N–H and O–H groups in total. The van der Waals surface area contributed by atoms with E-state index in [-0.39, 0.29) is 0 Å². The van der Waals surface area contributed by atoms with Gasteiger partial charge in [0.2, 0.25) is 5.91 Å². The third-order valence-corrected chi connectivity index (χ3v) is 3.16. The van der Waals surface area contributed by atoms with Gasteiger partial charge in [-0.3, -0.25) is 4.79 Å². The van der Waals surface area contributed by atoms with Crippen molar-refractivity contribution in [2.45, 2.75) is 32.2 Å². The fraction of sp³-hybridized carbons (Fsp3) is 0.375. The summed E-state index contributed by atoms with van der Waals surface area (Å²) >= 11 is 0. The molecule has 1 unspecified atom stereocenters. The first-order chi connectivity index (χ1) is 9.91. The van der Waals surface area contributed by atoms with Crippen LogP contribution in [0.4, 0.5) is 0 Å². The van der Waals surface area contributed by atoms with Crippen molar-refractivity contribution < 1.29 is 19.4 Å². The molecule has 1 aromatic carbocycles. The number of hydrogen-bond acceptors (Lipinski definition) is 3. The molecule has 0 spiro atoms. The summed E-state index contributed by atoms with van der Waals surface area (Å²) in [5, 5.41) is 11.7. The Bertz CT molecular complexity index is 522. The Hall–Kier alpha value is -2.30. The van der Waals surface area contributed by atoms with Crippen LogP contribution in [0.2, 0.25) is 0 Å². The van der Waals surface area contributed by atoms with Gasteiger partial charge in [0.25, 0.3) is 0 Å². The van der Waals surface area contributed by atoms with Crippen LogP contribution in [-0.2, 0) is 9.59 Å².